The lowest BCUT2D eigenvalue weighted by Crippen LogP contribution is -1.95. The third-order valence-electron chi connectivity index (χ3n) is 3.57. The average Bonchev–Trinajstić information content (AvgIpc) is 2.54. The maximum Gasteiger partial charge on any atom is 0.127 e. The van der Waals surface area contributed by atoms with E-state index < -0.39 is 0 Å². The highest BCUT2D eigenvalue weighted by molar-refractivity contribution is 6.36. The molecule has 3 rings (SSSR count). The molecule has 1 heterocycles. The molecule has 0 aliphatic carbocycles. The first-order chi connectivity index (χ1) is 11.5. The maximum absolute atomic E-state index is 10.2. The number of halogens is 2. The van der Waals surface area contributed by atoms with Gasteiger partial charge in [0.05, 0.1) is 17.8 Å². The van der Waals surface area contributed by atoms with Gasteiger partial charge in [-0.15, -0.1) is 0 Å². The average molecular weight is 361 g/mol. The van der Waals surface area contributed by atoms with Crippen LogP contribution in [0, 0.1) is 0 Å². The van der Waals surface area contributed by atoms with Crippen molar-refractivity contribution in [2.45, 2.75) is 0 Å². The largest absolute Gasteiger partial charge is 0.507 e. The van der Waals surface area contributed by atoms with Gasteiger partial charge in [-0.2, -0.15) is 0 Å². The fraction of sp³-hybridized carbons (Fsp3) is 0.0556. The Morgan fingerprint density at radius 3 is 2.42 bits per heavy atom. The first kappa shape index (κ1) is 16.4. The first-order valence-electron chi connectivity index (χ1n) is 7.08. The molecule has 0 atom stereocenters. The second kappa shape index (κ2) is 6.59. The van der Waals surface area contributed by atoms with E-state index in [-0.39, 0.29) is 5.75 Å². The lowest BCUT2D eigenvalue weighted by molar-refractivity contribution is 0.408. The number of rotatable bonds is 3. The summed E-state index contributed by atoms with van der Waals surface area (Å²) in [6, 6.07) is 13.7. The van der Waals surface area contributed by atoms with E-state index in [0.717, 1.165) is 5.56 Å². The second-order valence-corrected chi connectivity index (χ2v) is 6.02. The number of phenolic OH excluding ortho intramolecular Hbond substituents is 1. The Balaban J connectivity index is 2.13. The number of nitrogens with two attached hydrogens (primary N) is 1. The van der Waals surface area contributed by atoms with Crippen molar-refractivity contribution >= 4 is 29.0 Å². The van der Waals surface area contributed by atoms with Crippen molar-refractivity contribution in [3.63, 3.8) is 0 Å². The molecular formula is C18H14Cl2N2O2. The Morgan fingerprint density at radius 1 is 1.00 bits per heavy atom. The van der Waals surface area contributed by atoms with Gasteiger partial charge < -0.3 is 15.6 Å². The monoisotopic (exact) mass is 360 g/mol. The summed E-state index contributed by atoms with van der Waals surface area (Å²) < 4.78 is 5.10. The van der Waals surface area contributed by atoms with Crippen molar-refractivity contribution in [1.29, 1.82) is 0 Å². The van der Waals surface area contributed by atoms with Gasteiger partial charge in [0.25, 0.3) is 0 Å². The predicted octanol–water partition coefficient (Wildman–Crippen LogP) is 5.02. The molecule has 0 radical (unpaired) electrons. The van der Waals surface area contributed by atoms with Gasteiger partial charge in [-0.3, -0.25) is 0 Å². The highest BCUT2D eigenvalue weighted by atomic mass is 35.5. The van der Waals surface area contributed by atoms with Gasteiger partial charge in [0.2, 0.25) is 0 Å². The number of methoxy groups -OCH3 is 1. The highest BCUT2D eigenvalue weighted by Crippen LogP contribution is 2.36. The molecular weight excluding hydrogens is 347 g/mol. The number of anilines is 1. The van der Waals surface area contributed by atoms with Crippen LogP contribution in [0.1, 0.15) is 0 Å². The molecule has 24 heavy (non-hydrogen) atoms. The van der Waals surface area contributed by atoms with Crippen molar-refractivity contribution in [2.24, 2.45) is 0 Å². The topological polar surface area (TPSA) is 68.4 Å². The van der Waals surface area contributed by atoms with Crippen LogP contribution in [0.5, 0.6) is 11.5 Å². The molecule has 0 bridgehead atoms. The van der Waals surface area contributed by atoms with Crippen LogP contribution in [-0.4, -0.2) is 17.2 Å². The Kier molecular flexibility index (Phi) is 4.51. The number of nitrogens with zero attached hydrogens (tertiary/aromatic N) is 1. The van der Waals surface area contributed by atoms with Crippen molar-refractivity contribution in [2.75, 3.05) is 12.8 Å². The van der Waals surface area contributed by atoms with Crippen LogP contribution in [-0.2, 0) is 0 Å². The van der Waals surface area contributed by atoms with E-state index in [2.05, 4.69) is 4.98 Å². The van der Waals surface area contributed by atoms with Gasteiger partial charge in [0.1, 0.15) is 17.3 Å². The molecule has 2 aromatic carbocycles. The minimum absolute atomic E-state index is 0.0908. The molecule has 0 aliphatic rings. The van der Waals surface area contributed by atoms with Gasteiger partial charge in [0, 0.05) is 22.2 Å². The lowest BCUT2D eigenvalue weighted by Gasteiger charge is -2.11. The number of hydrogen-bond donors (Lipinski definition) is 2. The normalized spacial score (nSPS) is 10.6. The molecule has 0 aliphatic heterocycles. The molecule has 0 amide bonds. The molecule has 0 saturated heterocycles. The molecule has 3 N–H and O–H groups in total. The van der Waals surface area contributed by atoms with Gasteiger partial charge >= 0.3 is 0 Å². The van der Waals surface area contributed by atoms with E-state index >= 15 is 0 Å². The minimum Gasteiger partial charge on any atom is -0.507 e. The van der Waals surface area contributed by atoms with E-state index in [4.69, 9.17) is 33.7 Å². The molecule has 0 spiro atoms. The molecule has 4 nitrogen and oxygen atoms in total. The predicted molar refractivity (Wildman–Crippen MR) is 97.8 cm³/mol. The zero-order chi connectivity index (χ0) is 17.3. The molecule has 0 fully saturated rings. The third-order valence-corrected chi connectivity index (χ3v) is 4.12. The van der Waals surface area contributed by atoms with Crippen molar-refractivity contribution in [3.8, 4) is 33.9 Å². The molecule has 122 valence electrons. The van der Waals surface area contributed by atoms with Crippen LogP contribution in [0.4, 0.5) is 5.82 Å². The van der Waals surface area contributed by atoms with Crippen LogP contribution < -0.4 is 10.5 Å². The summed E-state index contributed by atoms with van der Waals surface area (Å²) in [5.41, 5.74) is 8.59. The summed E-state index contributed by atoms with van der Waals surface area (Å²) in [7, 11) is 1.54. The number of hydrogen-bond acceptors (Lipinski definition) is 4. The minimum atomic E-state index is 0.0908. The molecule has 6 heteroatoms. The number of nitrogen functional groups attached to an aromatic ring is 1. The fourth-order valence-electron chi connectivity index (χ4n) is 2.43. The Bertz CT molecular complexity index is 914. The van der Waals surface area contributed by atoms with Gasteiger partial charge in [-0.05, 0) is 48.0 Å². The summed E-state index contributed by atoms with van der Waals surface area (Å²) in [6.45, 7) is 0. The Morgan fingerprint density at radius 2 is 1.75 bits per heavy atom. The first-order valence-corrected chi connectivity index (χ1v) is 7.84. The van der Waals surface area contributed by atoms with E-state index in [1.165, 1.54) is 0 Å². The summed E-state index contributed by atoms with van der Waals surface area (Å²) in [4.78, 5) is 4.33. The number of aromatic hydroxyl groups is 1. The highest BCUT2D eigenvalue weighted by Gasteiger charge is 2.12. The van der Waals surface area contributed by atoms with Crippen molar-refractivity contribution in [1.82, 2.24) is 4.98 Å². The van der Waals surface area contributed by atoms with Gasteiger partial charge in [-0.1, -0.05) is 23.2 Å². The smallest absolute Gasteiger partial charge is 0.127 e. The fourth-order valence-corrected chi connectivity index (χ4v) is 2.93. The van der Waals surface area contributed by atoms with Crippen LogP contribution >= 0.6 is 23.2 Å². The summed E-state index contributed by atoms with van der Waals surface area (Å²) >= 11 is 12.2. The molecule has 3 aromatic rings. The number of ether oxygens (including phenoxy) is 1. The lowest BCUT2D eigenvalue weighted by atomic mass is 10.0. The zero-order valence-corrected chi connectivity index (χ0v) is 14.3. The molecule has 1 aromatic heterocycles. The van der Waals surface area contributed by atoms with Crippen LogP contribution in [0.15, 0.2) is 48.5 Å². The number of phenols is 1. The van der Waals surface area contributed by atoms with E-state index in [0.29, 0.717) is 38.4 Å². The van der Waals surface area contributed by atoms with Gasteiger partial charge in [0.15, 0.2) is 0 Å². The SMILES string of the molecule is COc1ccc(-c2cc(N)nc(-c3ccc(Cl)cc3Cl)c2)c(O)c1. The number of aromatic nitrogens is 1. The van der Waals surface area contributed by atoms with E-state index in [9.17, 15) is 5.11 Å². The molecule has 0 saturated carbocycles. The van der Waals surface area contributed by atoms with Crippen LogP contribution in [0.2, 0.25) is 10.0 Å². The zero-order valence-electron chi connectivity index (χ0n) is 12.8. The summed E-state index contributed by atoms with van der Waals surface area (Å²) in [6.07, 6.45) is 0. The summed E-state index contributed by atoms with van der Waals surface area (Å²) in [5.74, 6) is 0.982. The van der Waals surface area contributed by atoms with Crippen LogP contribution in [0.25, 0.3) is 22.4 Å². The maximum atomic E-state index is 10.2. The third kappa shape index (κ3) is 3.25. The van der Waals surface area contributed by atoms with Crippen LogP contribution in [0.3, 0.4) is 0 Å². The quantitative estimate of drug-likeness (QED) is 0.687. The van der Waals surface area contributed by atoms with Crippen molar-refractivity contribution < 1.29 is 9.84 Å². The van der Waals surface area contributed by atoms with E-state index in [1.807, 2.05) is 6.07 Å². The Hall–Kier alpha value is -2.43. The Labute approximate surface area is 149 Å². The standard InChI is InChI=1S/C18H14Cl2N2O2/c1-24-12-3-5-13(17(23)9-12)10-6-16(22-18(21)7-10)14-4-2-11(19)8-15(14)20/h2-9,23H,1H3,(H2,21,22). The van der Waals surface area contributed by atoms with Gasteiger partial charge in [-0.25, -0.2) is 4.98 Å². The second-order valence-electron chi connectivity index (χ2n) is 5.17. The summed E-state index contributed by atoms with van der Waals surface area (Å²) in [5, 5.41) is 11.3. The van der Waals surface area contributed by atoms with E-state index in [1.54, 1.807) is 49.6 Å². The molecule has 0 unspecified atom stereocenters. The van der Waals surface area contributed by atoms with Crippen molar-refractivity contribution in [3.05, 3.63) is 58.6 Å². The number of benzene rings is 2. The number of pyridine rings is 1.